The molecule has 27 heavy (non-hydrogen) atoms. The maximum Gasteiger partial charge on any atom is 0.163 e. The van der Waals surface area contributed by atoms with E-state index in [0.29, 0.717) is 0 Å². The number of hydrogen-bond acceptors (Lipinski definition) is 6. The summed E-state index contributed by atoms with van der Waals surface area (Å²) in [6.07, 6.45) is 5.41. The lowest BCUT2D eigenvalue weighted by atomic mass is 10.1. The Kier molecular flexibility index (Phi) is 4.86. The lowest BCUT2D eigenvalue weighted by Gasteiger charge is -2.35. The fraction of sp³-hybridized carbons (Fsp3) is 0.474. The summed E-state index contributed by atoms with van der Waals surface area (Å²) in [6.45, 7) is 11.1. The van der Waals surface area contributed by atoms with Gasteiger partial charge in [0.1, 0.15) is 12.1 Å². The van der Waals surface area contributed by atoms with Gasteiger partial charge in [0.15, 0.2) is 5.65 Å². The molecule has 1 saturated heterocycles. The van der Waals surface area contributed by atoms with E-state index in [1.54, 1.807) is 6.33 Å². The third kappa shape index (κ3) is 3.82. The first-order chi connectivity index (χ1) is 12.9. The molecule has 0 saturated carbocycles. The molecule has 0 aliphatic carbocycles. The van der Waals surface area contributed by atoms with E-state index in [-0.39, 0.29) is 5.54 Å². The molecule has 1 aliphatic heterocycles. The number of anilines is 1. The molecule has 0 amide bonds. The number of hydrogen-bond donors (Lipinski definition) is 0. The van der Waals surface area contributed by atoms with Crippen LogP contribution in [0.3, 0.4) is 0 Å². The highest BCUT2D eigenvalue weighted by Gasteiger charge is 2.24. The zero-order valence-electron chi connectivity index (χ0n) is 15.9. The minimum Gasteiger partial charge on any atom is -0.353 e. The van der Waals surface area contributed by atoms with Crippen molar-refractivity contribution in [2.75, 3.05) is 31.1 Å². The lowest BCUT2D eigenvalue weighted by Crippen LogP contribution is -2.46. The topological polar surface area (TPSA) is 63.0 Å². The summed E-state index contributed by atoms with van der Waals surface area (Å²) in [6, 6.07) is 4.12. The summed E-state index contributed by atoms with van der Waals surface area (Å²) in [5.74, 6) is 0.983. The zero-order chi connectivity index (χ0) is 19.0. The molecule has 1 fully saturated rings. The predicted molar refractivity (Wildman–Crippen MR) is 110 cm³/mol. The van der Waals surface area contributed by atoms with Crippen LogP contribution < -0.4 is 4.90 Å². The number of pyridine rings is 1. The Morgan fingerprint density at radius 1 is 1.00 bits per heavy atom. The van der Waals surface area contributed by atoms with Gasteiger partial charge in [0.25, 0.3) is 0 Å². The Balaban J connectivity index is 1.48. The molecular formula is C19H24BrN7. The van der Waals surface area contributed by atoms with Gasteiger partial charge in [-0.25, -0.2) is 14.6 Å². The summed E-state index contributed by atoms with van der Waals surface area (Å²) >= 11 is 3.44. The first-order valence-electron chi connectivity index (χ1n) is 9.19. The average Bonchev–Trinajstić information content (AvgIpc) is 3.09. The van der Waals surface area contributed by atoms with Crippen LogP contribution in [-0.2, 0) is 12.1 Å². The molecule has 0 spiro atoms. The van der Waals surface area contributed by atoms with Crippen LogP contribution in [0.5, 0.6) is 0 Å². The fourth-order valence-electron chi connectivity index (χ4n) is 3.42. The fourth-order valence-corrected chi connectivity index (χ4v) is 3.66. The smallest absolute Gasteiger partial charge is 0.163 e. The van der Waals surface area contributed by atoms with Crippen LogP contribution in [-0.4, -0.2) is 55.8 Å². The van der Waals surface area contributed by atoms with Crippen LogP contribution in [0, 0.1) is 0 Å². The molecule has 8 heteroatoms. The summed E-state index contributed by atoms with van der Waals surface area (Å²) < 4.78 is 2.99. The molecule has 0 atom stereocenters. The van der Waals surface area contributed by atoms with Crippen LogP contribution in [0.15, 0.2) is 35.3 Å². The van der Waals surface area contributed by atoms with E-state index in [2.05, 4.69) is 72.6 Å². The summed E-state index contributed by atoms with van der Waals surface area (Å²) in [5.41, 5.74) is 1.89. The molecule has 1 aliphatic rings. The molecule has 7 nitrogen and oxygen atoms in total. The quantitative estimate of drug-likeness (QED) is 0.637. The van der Waals surface area contributed by atoms with E-state index in [1.807, 2.05) is 23.1 Å². The molecule has 0 N–H and O–H groups in total. The maximum absolute atomic E-state index is 4.57. The van der Waals surface area contributed by atoms with Crippen LogP contribution >= 0.6 is 15.9 Å². The molecule has 3 aromatic rings. The highest BCUT2D eigenvalue weighted by molar-refractivity contribution is 9.10. The van der Waals surface area contributed by atoms with Crippen molar-refractivity contribution >= 4 is 32.8 Å². The van der Waals surface area contributed by atoms with Crippen LogP contribution in [0.4, 0.5) is 5.82 Å². The van der Waals surface area contributed by atoms with Gasteiger partial charge >= 0.3 is 0 Å². The van der Waals surface area contributed by atoms with Gasteiger partial charge in [-0.3, -0.25) is 9.88 Å². The normalized spacial score (nSPS) is 16.2. The number of rotatable bonds is 3. The van der Waals surface area contributed by atoms with Crippen molar-refractivity contribution in [3.05, 3.63) is 41.0 Å². The second-order valence-electron chi connectivity index (χ2n) is 7.89. The second-order valence-corrected chi connectivity index (χ2v) is 8.81. The molecule has 4 heterocycles. The Hall–Kier alpha value is -2.06. The van der Waals surface area contributed by atoms with E-state index in [9.17, 15) is 0 Å². The van der Waals surface area contributed by atoms with E-state index in [1.165, 1.54) is 0 Å². The molecule has 0 unspecified atom stereocenters. The summed E-state index contributed by atoms with van der Waals surface area (Å²) in [4.78, 5) is 18.3. The summed E-state index contributed by atoms with van der Waals surface area (Å²) in [7, 11) is 0. The lowest BCUT2D eigenvalue weighted by molar-refractivity contribution is 0.246. The van der Waals surface area contributed by atoms with Gasteiger partial charge in [0, 0.05) is 43.4 Å². The third-order valence-corrected chi connectivity index (χ3v) is 5.30. The van der Waals surface area contributed by atoms with Crippen molar-refractivity contribution in [3.63, 3.8) is 0 Å². The van der Waals surface area contributed by atoms with Crippen LogP contribution in [0.2, 0.25) is 0 Å². The molecular weight excluding hydrogens is 406 g/mol. The van der Waals surface area contributed by atoms with E-state index in [4.69, 9.17) is 0 Å². The Morgan fingerprint density at radius 3 is 2.44 bits per heavy atom. The van der Waals surface area contributed by atoms with Crippen molar-refractivity contribution in [2.45, 2.75) is 32.9 Å². The molecule has 4 rings (SSSR count). The highest BCUT2D eigenvalue weighted by atomic mass is 79.9. The van der Waals surface area contributed by atoms with Crippen molar-refractivity contribution in [1.82, 2.24) is 29.6 Å². The van der Waals surface area contributed by atoms with Gasteiger partial charge in [0.2, 0.25) is 0 Å². The second kappa shape index (κ2) is 7.16. The number of nitrogens with zero attached hydrogens (tertiary/aromatic N) is 7. The van der Waals surface area contributed by atoms with Crippen molar-refractivity contribution in [2.24, 2.45) is 0 Å². The van der Waals surface area contributed by atoms with E-state index in [0.717, 1.165) is 59.7 Å². The van der Waals surface area contributed by atoms with Gasteiger partial charge in [0.05, 0.1) is 22.8 Å². The molecule has 3 aromatic heterocycles. The Labute approximate surface area is 167 Å². The number of halogens is 1. The average molecular weight is 430 g/mol. The minimum atomic E-state index is -0.107. The standard InChI is InChI=1S/C19H24BrN7/c1-19(2,3)27-18-16(11-24-27)17(22-13-23-18)26-8-6-25(7-9-26)12-15-5-4-14(20)10-21-15/h4-5,10-11,13H,6-9,12H2,1-3H3. The maximum atomic E-state index is 4.57. The van der Waals surface area contributed by atoms with Gasteiger partial charge in [-0.05, 0) is 48.8 Å². The number of fused-ring (bicyclic) bond motifs is 1. The SMILES string of the molecule is CC(C)(C)n1ncc2c(N3CCN(Cc4ccc(Br)cn4)CC3)ncnc21. The third-order valence-electron chi connectivity index (χ3n) is 4.83. The van der Waals surface area contributed by atoms with Crippen LogP contribution in [0.25, 0.3) is 11.0 Å². The monoisotopic (exact) mass is 429 g/mol. The van der Waals surface area contributed by atoms with Gasteiger partial charge in [-0.2, -0.15) is 5.10 Å². The highest BCUT2D eigenvalue weighted by Crippen LogP contribution is 2.27. The van der Waals surface area contributed by atoms with Crippen molar-refractivity contribution in [3.8, 4) is 0 Å². The molecule has 0 bridgehead atoms. The van der Waals surface area contributed by atoms with E-state index < -0.39 is 0 Å². The van der Waals surface area contributed by atoms with Crippen LogP contribution in [0.1, 0.15) is 26.5 Å². The largest absolute Gasteiger partial charge is 0.353 e. The summed E-state index contributed by atoms with van der Waals surface area (Å²) in [5, 5.41) is 5.59. The molecule has 142 valence electrons. The van der Waals surface area contributed by atoms with Gasteiger partial charge in [-0.15, -0.1) is 0 Å². The van der Waals surface area contributed by atoms with Gasteiger partial charge < -0.3 is 4.90 Å². The Bertz CT molecular complexity index is 921. The molecule has 0 radical (unpaired) electrons. The number of piperazine rings is 1. The molecule has 0 aromatic carbocycles. The van der Waals surface area contributed by atoms with E-state index >= 15 is 0 Å². The van der Waals surface area contributed by atoms with Crippen molar-refractivity contribution in [1.29, 1.82) is 0 Å². The zero-order valence-corrected chi connectivity index (χ0v) is 17.5. The first kappa shape index (κ1) is 18.3. The van der Waals surface area contributed by atoms with Crippen molar-refractivity contribution < 1.29 is 0 Å². The minimum absolute atomic E-state index is 0.107. The van der Waals surface area contributed by atoms with Gasteiger partial charge in [-0.1, -0.05) is 0 Å². The predicted octanol–water partition coefficient (Wildman–Crippen LogP) is 3.06. The number of aromatic nitrogens is 5. The first-order valence-corrected chi connectivity index (χ1v) is 9.98. The Morgan fingerprint density at radius 2 is 1.78 bits per heavy atom.